The fourth-order valence-corrected chi connectivity index (χ4v) is 1.63. The summed E-state index contributed by atoms with van der Waals surface area (Å²) < 4.78 is 13.3. The summed E-state index contributed by atoms with van der Waals surface area (Å²) in [5.41, 5.74) is 0.0978. The summed E-state index contributed by atoms with van der Waals surface area (Å²) in [5.74, 6) is -2.23. The van der Waals surface area contributed by atoms with Crippen molar-refractivity contribution in [2.24, 2.45) is 0 Å². The number of rotatable bonds is 3. The van der Waals surface area contributed by atoms with Gasteiger partial charge < -0.3 is 10.0 Å². The average molecular weight is 304 g/mol. The van der Waals surface area contributed by atoms with Crippen LogP contribution in [0.4, 0.5) is 4.39 Å². The van der Waals surface area contributed by atoms with Crippen molar-refractivity contribution in [2.75, 3.05) is 7.05 Å². The number of amides is 1. The highest BCUT2D eigenvalue weighted by molar-refractivity contribution is 9.10. The molecule has 0 saturated heterocycles. The smallest absolute Gasteiger partial charge is 0.326 e. The zero-order chi connectivity index (χ0) is 13.2. The molecule has 0 heterocycles. The number of carbonyl (C=O) groups excluding carboxylic acids is 1. The number of nitrogens with zero attached hydrogens (tertiary/aromatic N) is 1. The highest BCUT2D eigenvalue weighted by Crippen LogP contribution is 2.22. The molecule has 0 radical (unpaired) electrons. The van der Waals surface area contributed by atoms with Gasteiger partial charge in [0.2, 0.25) is 0 Å². The molecule has 1 unspecified atom stereocenters. The molecule has 1 N–H and O–H groups in total. The minimum atomic E-state index is -1.12. The van der Waals surface area contributed by atoms with Gasteiger partial charge in [-0.05, 0) is 35.0 Å². The van der Waals surface area contributed by atoms with E-state index in [1.807, 2.05) is 0 Å². The van der Waals surface area contributed by atoms with Gasteiger partial charge in [0, 0.05) is 7.05 Å². The van der Waals surface area contributed by atoms with Crippen LogP contribution in [0.5, 0.6) is 0 Å². The van der Waals surface area contributed by atoms with Crippen LogP contribution >= 0.6 is 15.9 Å². The van der Waals surface area contributed by atoms with Crippen LogP contribution in [-0.2, 0) is 4.79 Å². The summed E-state index contributed by atoms with van der Waals surface area (Å²) >= 11 is 2.97. The van der Waals surface area contributed by atoms with E-state index < -0.39 is 23.7 Å². The molecule has 0 aliphatic carbocycles. The molecule has 0 aliphatic rings. The number of aliphatic carboxylic acids is 1. The maximum Gasteiger partial charge on any atom is 0.326 e. The second-order valence-corrected chi connectivity index (χ2v) is 4.32. The maximum absolute atomic E-state index is 13.2. The number of carbonyl (C=O) groups is 2. The molecular weight excluding hydrogens is 293 g/mol. The van der Waals surface area contributed by atoms with E-state index in [-0.39, 0.29) is 10.0 Å². The van der Waals surface area contributed by atoms with Gasteiger partial charge in [-0.3, -0.25) is 4.79 Å². The molecule has 0 fully saturated rings. The lowest BCUT2D eigenvalue weighted by atomic mass is 10.1. The van der Waals surface area contributed by atoms with Gasteiger partial charge in [-0.15, -0.1) is 0 Å². The lowest BCUT2D eigenvalue weighted by Crippen LogP contribution is -2.40. The van der Waals surface area contributed by atoms with Crippen molar-refractivity contribution in [1.29, 1.82) is 0 Å². The Bertz CT molecular complexity index is 464. The monoisotopic (exact) mass is 303 g/mol. The van der Waals surface area contributed by atoms with Gasteiger partial charge in [0.25, 0.3) is 5.91 Å². The second kappa shape index (κ2) is 5.27. The third-order valence-corrected chi connectivity index (χ3v) is 3.25. The minimum absolute atomic E-state index is 0.0365. The van der Waals surface area contributed by atoms with Gasteiger partial charge in [-0.2, -0.15) is 0 Å². The second-order valence-electron chi connectivity index (χ2n) is 3.53. The van der Waals surface area contributed by atoms with E-state index in [4.69, 9.17) is 5.11 Å². The van der Waals surface area contributed by atoms with Crippen molar-refractivity contribution in [3.05, 3.63) is 34.1 Å². The van der Waals surface area contributed by atoms with Crippen LogP contribution in [0.2, 0.25) is 0 Å². The van der Waals surface area contributed by atoms with Crippen LogP contribution in [0.25, 0.3) is 0 Å². The third kappa shape index (κ3) is 2.82. The summed E-state index contributed by atoms with van der Waals surface area (Å²) in [6.07, 6.45) is 0. The van der Waals surface area contributed by atoms with Gasteiger partial charge in [-0.1, -0.05) is 6.07 Å². The fourth-order valence-electron chi connectivity index (χ4n) is 1.20. The zero-order valence-electron chi connectivity index (χ0n) is 9.28. The van der Waals surface area contributed by atoms with Gasteiger partial charge >= 0.3 is 5.97 Å². The van der Waals surface area contributed by atoms with Crippen molar-refractivity contribution in [2.45, 2.75) is 13.0 Å². The number of carboxylic acids is 1. The van der Waals surface area contributed by atoms with Gasteiger partial charge in [0.05, 0.1) is 10.0 Å². The molecule has 1 aromatic carbocycles. The Morgan fingerprint density at radius 3 is 2.59 bits per heavy atom. The molecule has 1 atom stereocenters. The molecule has 0 bridgehead atoms. The molecule has 1 amide bonds. The van der Waals surface area contributed by atoms with Gasteiger partial charge in [0.1, 0.15) is 11.9 Å². The van der Waals surface area contributed by atoms with Crippen molar-refractivity contribution in [3.8, 4) is 0 Å². The van der Waals surface area contributed by atoms with E-state index in [1.165, 1.54) is 32.2 Å². The summed E-state index contributed by atoms with van der Waals surface area (Å²) in [4.78, 5) is 23.7. The Labute approximate surface area is 106 Å². The Morgan fingerprint density at radius 1 is 1.47 bits per heavy atom. The molecule has 1 aromatic rings. The van der Waals surface area contributed by atoms with E-state index in [1.54, 1.807) is 0 Å². The van der Waals surface area contributed by atoms with Crippen LogP contribution in [0, 0.1) is 5.82 Å². The minimum Gasteiger partial charge on any atom is -0.480 e. The predicted molar refractivity (Wildman–Crippen MR) is 63.3 cm³/mol. The van der Waals surface area contributed by atoms with Crippen molar-refractivity contribution < 1.29 is 19.1 Å². The van der Waals surface area contributed by atoms with E-state index in [0.29, 0.717) is 0 Å². The first-order valence-electron chi connectivity index (χ1n) is 4.80. The lowest BCUT2D eigenvalue weighted by molar-refractivity contribution is -0.141. The van der Waals surface area contributed by atoms with Crippen LogP contribution in [-0.4, -0.2) is 35.0 Å². The molecule has 6 heteroatoms. The quantitative estimate of drug-likeness (QED) is 0.930. The predicted octanol–water partition coefficient (Wildman–Crippen LogP) is 2.13. The van der Waals surface area contributed by atoms with Crippen LogP contribution in [0.3, 0.4) is 0 Å². The van der Waals surface area contributed by atoms with Crippen molar-refractivity contribution >= 4 is 27.8 Å². The van der Waals surface area contributed by atoms with Crippen molar-refractivity contribution in [3.63, 3.8) is 0 Å². The zero-order valence-corrected chi connectivity index (χ0v) is 10.9. The van der Waals surface area contributed by atoms with E-state index >= 15 is 0 Å². The molecule has 4 nitrogen and oxygen atoms in total. The summed E-state index contributed by atoms with van der Waals surface area (Å²) in [5, 5.41) is 8.79. The SMILES string of the molecule is CC(C(=O)O)N(C)C(=O)c1cccc(F)c1Br. The topological polar surface area (TPSA) is 57.6 Å². The van der Waals surface area contributed by atoms with Crippen LogP contribution < -0.4 is 0 Å². The molecule has 0 aromatic heterocycles. The van der Waals surface area contributed by atoms with Crippen LogP contribution in [0.15, 0.2) is 22.7 Å². The molecular formula is C11H11BrFNO3. The molecule has 92 valence electrons. The summed E-state index contributed by atoms with van der Waals surface area (Å²) in [6.45, 7) is 1.38. The standard InChI is InChI=1S/C11H11BrFNO3/c1-6(11(16)17)14(2)10(15)7-4-3-5-8(13)9(7)12/h3-6H,1-2H3,(H,16,17). The highest BCUT2D eigenvalue weighted by atomic mass is 79.9. The molecule has 17 heavy (non-hydrogen) atoms. The molecule has 0 saturated carbocycles. The molecule has 0 spiro atoms. The Kier molecular flexibility index (Phi) is 4.22. The maximum atomic E-state index is 13.2. The lowest BCUT2D eigenvalue weighted by Gasteiger charge is -2.22. The van der Waals surface area contributed by atoms with E-state index in [0.717, 1.165) is 4.90 Å². The summed E-state index contributed by atoms with van der Waals surface area (Å²) in [7, 11) is 1.36. The molecule has 1 rings (SSSR count). The largest absolute Gasteiger partial charge is 0.480 e. The normalized spacial score (nSPS) is 12.0. The first kappa shape index (κ1) is 13.6. The number of hydrogen-bond donors (Lipinski definition) is 1. The van der Waals surface area contributed by atoms with Crippen molar-refractivity contribution in [1.82, 2.24) is 4.90 Å². The number of likely N-dealkylation sites (N-methyl/N-ethyl adjacent to an activating group) is 1. The Hall–Kier alpha value is -1.43. The van der Waals surface area contributed by atoms with E-state index in [2.05, 4.69) is 15.9 Å². The van der Waals surface area contributed by atoms with Crippen LogP contribution in [0.1, 0.15) is 17.3 Å². The number of benzene rings is 1. The Morgan fingerprint density at radius 2 is 2.06 bits per heavy atom. The fraction of sp³-hybridized carbons (Fsp3) is 0.273. The summed E-state index contributed by atoms with van der Waals surface area (Å²) in [6, 6.07) is 3.06. The van der Waals surface area contributed by atoms with Gasteiger partial charge in [0.15, 0.2) is 0 Å². The van der Waals surface area contributed by atoms with E-state index in [9.17, 15) is 14.0 Å². The first-order chi connectivity index (χ1) is 7.86. The first-order valence-corrected chi connectivity index (χ1v) is 5.59. The number of halogens is 2. The Balaban J connectivity index is 3.05. The number of carboxylic acid groups (broad SMARTS) is 1. The average Bonchev–Trinajstić information content (AvgIpc) is 2.29. The highest BCUT2D eigenvalue weighted by Gasteiger charge is 2.24. The number of hydrogen-bond acceptors (Lipinski definition) is 2. The van der Waals surface area contributed by atoms with Gasteiger partial charge in [-0.25, -0.2) is 9.18 Å². The third-order valence-electron chi connectivity index (χ3n) is 2.44. The molecule has 0 aliphatic heterocycles.